The van der Waals surface area contributed by atoms with E-state index in [0.717, 1.165) is 25.2 Å². The second-order valence-electron chi connectivity index (χ2n) is 11.1. The van der Waals surface area contributed by atoms with Crippen LogP contribution in [0.15, 0.2) is 34.9 Å². The maximum Gasteiger partial charge on any atom is 0.410 e. The van der Waals surface area contributed by atoms with Crippen molar-refractivity contribution in [2.45, 2.75) is 94.6 Å². The fraction of sp³-hybridized carbons (Fsp3) is 0.615. The number of carbonyl (C=O) groups excluding carboxylic acids is 1. The first kappa shape index (κ1) is 22.0. The molecule has 6 heteroatoms. The Labute approximate surface area is 199 Å². The molecule has 2 heterocycles. The summed E-state index contributed by atoms with van der Waals surface area (Å²) in [7, 11) is 0. The van der Waals surface area contributed by atoms with Crippen molar-refractivity contribution in [3.05, 3.63) is 52.0 Å². The minimum Gasteiger partial charge on any atom is -0.444 e. The zero-order valence-electron chi connectivity index (χ0n) is 19.4. The number of halogens is 1. The van der Waals surface area contributed by atoms with Crippen molar-refractivity contribution >= 4 is 22.0 Å². The minimum atomic E-state index is -0.484. The summed E-state index contributed by atoms with van der Waals surface area (Å²) in [6.45, 7) is 6.48. The molecule has 32 heavy (non-hydrogen) atoms. The van der Waals surface area contributed by atoms with Gasteiger partial charge in [-0.15, -0.1) is 0 Å². The molecule has 3 aliphatic carbocycles. The van der Waals surface area contributed by atoms with Crippen LogP contribution in [0.25, 0.3) is 0 Å². The normalized spacial score (nSPS) is 30.0. The van der Waals surface area contributed by atoms with Gasteiger partial charge in [0.05, 0.1) is 6.04 Å². The average molecular weight is 500 g/mol. The highest BCUT2D eigenvalue weighted by Gasteiger charge is 2.51. The van der Waals surface area contributed by atoms with Crippen molar-refractivity contribution in [2.24, 2.45) is 0 Å². The summed E-state index contributed by atoms with van der Waals surface area (Å²) in [4.78, 5) is 23.1. The van der Waals surface area contributed by atoms with Crippen molar-refractivity contribution in [3.63, 3.8) is 0 Å². The Morgan fingerprint density at radius 1 is 1.16 bits per heavy atom. The molecule has 1 amide bonds. The van der Waals surface area contributed by atoms with Gasteiger partial charge < -0.3 is 9.72 Å². The molecule has 0 radical (unpaired) electrons. The highest BCUT2D eigenvalue weighted by molar-refractivity contribution is 9.10. The lowest BCUT2D eigenvalue weighted by Crippen LogP contribution is -2.46. The molecule has 4 fully saturated rings. The molecule has 5 nitrogen and oxygen atoms in total. The van der Waals surface area contributed by atoms with Crippen LogP contribution in [-0.2, 0) is 15.6 Å². The molecule has 1 aromatic carbocycles. The number of likely N-dealkylation sites (tertiary alicyclic amines) is 1. The maximum atomic E-state index is 12.7. The molecule has 1 atom stereocenters. The van der Waals surface area contributed by atoms with Crippen LogP contribution in [0.3, 0.4) is 0 Å². The summed E-state index contributed by atoms with van der Waals surface area (Å²) in [6, 6.07) is 8.90. The average Bonchev–Trinajstić information content (AvgIpc) is 3.44. The number of aromatic amines is 1. The highest BCUT2D eigenvalue weighted by atomic mass is 79.9. The van der Waals surface area contributed by atoms with Crippen LogP contribution in [0, 0.1) is 0 Å². The van der Waals surface area contributed by atoms with Gasteiger partial charge in [-0.2, -0.15) is 0 Å². The topological polar surface area (TPSA) is 58.2 Å². The summed E-state index contributed by atoms with van der Waals surface area (Å²) >= 11 is 3.66. The molecule has 1 aliphatic heterocycles. The number of imidazole rings is 1. The standard InChI is InChI=1S/C26H34BrN3O2/c1-24(2,3)32-23(31)30-15-5-8-20(30)22-28-17-21(29-22)26-12-9-25(10-13-26,11-14-26)18-6-4-7-19(27)16-18/h4,6-7,16-17,20H,5,8-15H2,1-3H3,(H,28,29). The van der Waals surface area contributed by atoms with Gasteiger partial charge in [0.25, 0.3) is 0 Å². The zero-order valence-corrected chi connectivity index (χ0v) is 21.0. The monoisotopic (exact) mass is 499 g/mol. The zero-order chi connectivity index (χ0) is 22.6. The van der Waals surface area contributed by atoms with Gasteiger partial charge in [-0.05, 0) is 95.2 Å². The van der Waals surface area contributed by atoms with Gasteiger partial charge >= 0.3 is 6.09 Å². The van der Waals surface area contributed by atoms with Crippen LogP contribution in [0.2, 0.25) is 0 Å². The Morgan fingerprint density at radius 3 is 2.50 bits per heavy atom. The van der Waals surface area contributed by atoms with E-state index in [9.17, 15) is 4.79 Å². The number of fused-ring (bicyclic) bond motifs is 3. The van der Waals surface area contributed by atoms with Gasteiger partial charge in [0.1, 0.15) is 11.4 Å². The number of amides is 1. The first-order valence-electron chi connectivity index (χ1n) is 12.0. The molecular formula is C26H34BrN3O2. The van der Waals surface area contributed by atoms with Gasteiger partial charge in [0, 0.05) is 28.3 Å². The van der Waals surface area contributed by atoms with Gasteiger partial charge in [-0.1, -0.05) is 28.1 Å². The van der Waals surface area contributed by atoms with Gasteiger partial charge in [0.15, 0.2) is 0 Å². The molecule has 1 aromatic heterocycles. The largest absolute Gasteiger partial charge is 0.444 e. The van der Waals surface area contributed by atoms with Crippen LogP contribution in [0.4, 0.5) is 4.79 Å². The Balaban J connectivity index is 1.32. The molecule has 4 aliphatic rings. The van der Waals surface area contributed by atoms with Crippen molar-refractivity contribution in [1.82, 2.24) is 14.9 Å². The lowest BCUT2D eigenvalue weighted by atomic mass is 9.51. The number of carbonyl (C=O) groups is 1. The van der Waals surface area contributed by atoms with Crippen molar-refractivity contribution in [1.29, 1.82) is 0 Å². The molecule has 1 N–H and O–H groups in total. The second-order valence-corrected chi connectivity index (χ2v) is 12.0. The highest BCUT2D eigenvalue weighted by Crippen LogP contribution is 2.58. The van der Waals surface area contributed by atoms with E-state index in [2.05, 4.69) is 51.4 Å². The molecule has 1 saturated heterocycles. The number of hydrogen-bond acceptors (Lipinski definition) is 3. The van der Waals surface area contributed by atoms with Crippen LogP contribution in [0.1, 0.15) is 95.3 Å². The summed E-state index contributed by atoms with van der Waals surface area (Å²) in [5.74, 6) is 0.923. The molecule has 2 aromatic rings. The summed E-state index contributed by atoms with van der Waals surface area (Å²) in [6.07, 6.45) is 11.0. The Kier molecular flexibility index (Phi) is 5.43. The lowest BCUT2D eigenvalue weighted by molar-refractivity contribution is 0.0218. The van der Waals surface area contributed by atoms with E-state index in [-0.39, 0.29) is 17.6 Å². The fourth-order valence-electron chi connectivity index (χ4n) is 6.21. The summed E-state index contributed by atoms with van der Waals surface area (Å²) in [5, 5.41) is 0. The van der Waals surface area contributed by atoms with E-state index in [1.54, 1.807) is 0 Å². The molecule has 0 spiro atoms. The maximum absolute atomic E-state index is 12.7. The van der Waals surface area contributed by atoms with E-state index >= 15 is 0 Å². The predicted molar refractivity (Wildman–Crippen MR) is 129 cm³/mol. The number of rotatable bonds is 3. The molecule has 6 rings (SSSR count). The summed E-state index contributed by atoms with van der Waals surface area (Å²) < 4.78 is 6.82. The first-order chi connectivity index (χ1) is 15.2. The van der Waals surface area contributed by atoms with Crippen molar-refractivity contribution in [2.75, 3.05) is 6.54 Å². The van der Waals surface area contributed by atoms with Gasteiger partial charge in [0.2, 0.25) is 0 Å². The Bertz CT molecular complexity index is 984. The Hall–Kier alpha value is -1.82. The number of benzene rings is 1. The van der Waals surface area contributed by atoms with E-state index in [4.69, 9.17) is 9.72 Å². The number of nitrogens with zero attached hydrogens (tertiary/aromatic N) is 2. The van der Waals surface area contributed by atoms with Gasteiger partial charge in [-0.3, -0.25) is 4.90 Å². The van der Waals surface area contributed by atoms with E-state index < -0.39 is 5.60 Å². The number of hydrogen-bond donors (Lipinski definition) is 1. The second kappa shape index (κ2) is 7.89. The minimum absolute atomic E-state index is 0.0112. The fourth-order valence-corrected chi connectivity index (χ4v) is 6.61. The smallest absolute Gasteiger partial charge is 0.410 e. The number of H-pyrrole nitrogens is 1. The van der Waals surface area contributed by atoms with Crippen LogP contribution in [-0.4, -0.2) is 33.1 Å². The molecule has 172 valence electrons. The molecular weight excluding hydrogens is 466 g/mol. The first-order valence-corrected chi connectivity index (χ1v) is 12.8. The SMILES string of the molecule is CC(C)(C)OC(=O)N1CCCC1c1ncc(C23CCC(c4cccc(Br)c4)(CC2)CC3)[nH]1. The number of aromatic nitrogens is 2. The number of ether oxygens (including phenoxy) is 1. The third kappa shape index (κ3) is 3.89. The predicted octanol–water partition coefficient (Wildman–Crippen LogP) is 6.79. The van der Waals surface area contributed by atoms with Crippen LogP contribution >= 0.6 is 15.9 Å². The third-order valence-corrected chi connectivity index (χ3v) is 8.54. The lowest BCUT2D eigenvalue weighted by Gasteiger charge is -2.53. The van der Waals surface area contributed by atoms with Crippen molar-refractivity contribution < 1.29 is 9.53 Å². The van der Waals surface area contributed by atoms with Gasteiger partial charge in [-0.25, -0.2) is 9.78 Å². The van der Waals surface area contributed by atoms with Crippen LogP contribution in [0.5, 0.6) is 0 Å². The molecule has 1 unspecified atom stereocenters. The van der Waals surface area contributed by atoms with E-state index in [0.29, 0.717) is 5.41 Å². The third-order valence-electron chi connectivity index (χ3n) is 8.05. The van der Waals surface area contributed by atoms with E-state index in [1.165, 1.54) is 54.3 Å². The number of nitrogens with one attached hydrogen (secondary N) is 1. The van der Waals surface area contributed by atoms with Crippen molar-refractivity contribution in [3.8, 4) is 0 Å². The van der Waals surface area contributed by atoms with Crippen LogP contribution < -0.4 is 0 Å². The quantitative estimate of drug-likeness (QED) is 0.505. The Morgan fingerprint density at radius 2 is 1.84 bits per heavy atom. The van der Waals surface area contributed by atoms with E-state index in [1.807, 2.05) is 25.7 Å². The molecule has 2 bridgehead atoms. The summed E-state index contributed by atoms with van der Waals surface area (Å²) in [5.41, 5.74) is 2.81. The molecule has 3 saturated carbocycles.